The predicted octanol–water partition coefficient (Wildman–Crippen LogP) is 2.34. The van der Waals surface area contributed by atoms with Gasteiger partial charge in [-0.05, 0) is 29.2 Å². The third-order valence-corrected chi connectivity index (χ3v) is 8.20. The molecule has 1 aliphatic rings. The molecular weight excluding hydrogens is 456 g/mol. The van der Waals surface area contributed by atoms with Crippen molar-refractivity contribution in [2.75, 3.05) is 27.0 Å². The minimum atomic E-state index is -3.66. The molecule has 0 radical (unpaired) electrons. The Morgan fingerprint density at radius 1 is 1.18 bits per heavy atom. The van der Waals surface area contributed by atoms with E-state index in [1.54, 1.807) is 7.11 Å². The van der Waals surface area contributed by atoms with Gasteiger partial charge in [-0.1, -0.05) is 53.7 Å². The standard InChI is InChI=1S/C25H32N2O6S/c1-25(24(29)26-2,34(4,30)31)15-22-14-23(27-33-22)20-11-9-19(10-12-20)18-7-5-17(6-8-18)13-21(28)16-32-3/h5-12,21-22,28H,13-16H2,1-4H3,(H,26,29)/t21-,22-,25-/m1/s1. The Bertz CT molecular complexity index is 1130. The van der Waals surface area contributed by atoms with E-state index in [0.29, 0.717) is 25.2 Å². The second kappa shape index (κ2) is 10.7. The highest BCUT2D eigenvalue weighted by Gasteiger charge is 2.46. The van der Waals surface area contributed by atoms with Gasteiger partial charge >= 0.3 is 0 Å². The van der Waals surface area contributed by atoms with Crippen LogP contribution in [0, 0.1) is 0 Å². The quantitative estimate of drug-likeness (QED) is 0.531. The van der Waals surface area contributed by atoms with E-state index in [-0.39, 0.29) is 6.42 Å². The van der Waals surface area contributed by atoms with Gasteiger partial charge in [0.15, 0.2) is 14.6 Å². The number of nitrogens with zero attached hydrogens (tertiary/aromatic N) is 1. The number of methoxy groups -OCH3 is 1. The van der Waals surface area contributed by atoms with Crippen molar-refractivity contribution in [3.63, 3.8) is 0 Å². The number of aliphatic hydroxyl groups excluding tert-OH is 1. The minimum Gasteiger partial charge on any atom is -0.392 e. The number of hydrogen-bond acceptors (Lipinski definition) is 7. The van der Waals surface area contributed by atoms with Crippen LogP contribution in [0.1, 0.15) is 30.9 Å². The van der Waals surface area contributed by atoms with Crippen molar-refractivity contribution in [3.05, 3.63) is 59.7 Å². The predicted molar refractivity (Wildman–Crippen MR) is 131 cm³/mol. The van der Waals surface area contributed by atoms with E-state index >= 15 is 0 Å². The van der Waals surface area contributed by atoms with Gasteiger partial charge < -0.3 is 20.0 Å². The lowest BCUT2D eigenvalue weighted by atomic mass is 9.95. The Labute approximate surface area is 200 Å². The van der Waals surface area contributed by atoms with E-state index < -0.39 is 32.7 Å². The number of carbonyl (C=O) groups excluding carboxylic acids is 1. The molecule has 0 aromatic heterocycles. The van der Waals surface area contributed by atoms with Crippen molar-refractivity contribution in [1.29, 1.82) is 0 Å². The molecule has 3 rings (SSSR count). The summed E-state index contributed by atoms with van der Waals surface area (Å²) in [6, 6.07) is 15.9. The number of benzene rings is 2. The molecule has 34 heavy (non-hydrogen) atoms. The molecule has 8 nitrogen and oxygen atoms in total. The first-order valence-electron chi connectivity index (χ1n) is 11.1. The van der Waals surface area contributed by atoms with Crippen LogP contribution in [-0.4, -0.2) is 69.1 Å². The SMILES string of the molecule is CNC(=O)[C@@](C)(C[C@H]1CC(c2ccc(-c3ccc(C[C@@H](O)COC)cc3)cc2)=NO1)S(C)(=O)=O. The summed E-state index contributed by atoms with van der Waals surface area (Å²) in [6.07, 6.45) is 0.994. The van der Waals surface area contributed by atoms with E-state index in [4.69, 9.17) is 9.57 Å². The summed E-state index contributed by atoms with van der Waals surface area (Å²) < 4.78 is 28.0. The fraction of sp³-hybridized carbons (Fsp3) is 0.440. The molecule has 9 heteroatoms. The lowest BCUT2D eigenvalue weighted by molar-refractivity contribution is -0.123. The number of oxime groups is 1. The molecular formula is C25H32N2O6S. The average molecular weight is 489 g/mol. The number of carbonyl (C=O) groups is 1. The van der Waals surface area contributed by atoms with Gasteiger partial charge in [0, 0.05) is 39.7 Å². The number of ether oxygens (including phenoxy) is 1. The van der Waals surface area contributed by atoms with Crippen LogP contribution in [0.25, 0.3) is 11.1 Å². The summed E-state index contributed by atoms with van der Waals surface area (Å²) in [7, 11) is -0.672. The summed E-state index contributed by atoms with van der Waals surface area (Å²) in [5.41, 5.74) is 4.71. The van der Waals surface area contributed by atoms with Gasteiger partial charge in [-0.15, -0.1) is 0 Å². The highest BCUT2D eigenvalue weighted by Crippen LogP contribution is 2.30. The summed E-state index contributed by atoms with van der Waals surface area (Å²) in [5.74, 6) is -0.560. The first kappa shape index (κ1) is 25.9. The van der Waals surface area contributed by atoms with Gasteiger partial charge in [-0.2, -0.15) is 0 Å². The molecule has 0 saturated heterocycles. The first-order valence-corrected chi connectivity index (χ1v) is 13.0. The molecule has 0 aliphatic carbocycles. The average Bonchev–Trinajstić information content (AvgIpc) is 3.26. The number of aliphatic hydroxyl groups is 1. The maximum atomic E-state index is 12.3. The molecule has 1 aliphatic heterocycles. The van der Waals surface area contributed by atoms with Crippen LogP contribution in [0.3, 0.4) is 0 Å². The summed E-state index contributed by atoms with van der Waals surface area (Å²) in [6.45, 7) is 1.72. The topological polar surface area (TPSA) is 114 Å². The van der Waals surface area contributed by atoms with Crippen LogP contribution < -0.4 is 5.32 Å². The molecule has 3 atom stereocenters. The molecule has 2 N–H and O–H groups in total. The fourth-order valence-corrected chi connectivity index (χ4v) is 4.96. The number of rotatable bonds is 10. The Morgan fingerprint density at radius 3 is 2.26 bits per heavy atom. The van der Waals surface area contributed by atoms with E-state index in [1.807, 2.05) is 48.5 Å². The highest BCUT2D eigenvalue weighted by atomic mass is 32.2. The largest absolute Gasteiger partial charge is 0.392 e. The van der Waals surface area contributed by atoms with Gasteiger partial charge in [0.25, 0.3) is 0 Å². The molecule has 1 amide bonds. The second-order valence-electron chi connectivity index (χ2n) is 8.84. The second-order valence-corrected chi connectivity index (χ2v) is 11.3. The number of nitrogens with one attached hydrogen (secondary N) is 1. The Hall–Kier alpha value is -2.75. The van der Waals surface area contributed by atoms with Crippen LogP contribution in [-0.2, 0) is 30.6 Å². The monoisotopic (exact) mass is 488 g/mol. The summed E-state index contributed by atoms with van der Waals surface area (Å²) in [4.78, 5) is 17.8. The third-order valence-electron chi connectivity index (χ3n) is 6.21. The fourth-order valence-electron chi connectivity index (χ4n) is 4.03. The minimum absolute atomic E-state index is 0.0159. The van der Waals surface area contributed by atoms with Crippen molar-refractivity contribution in [2.24, 2.45) is 5.16 Å². The van der Waals surface area contributed by atoms with E-state index in [0.717, 1.165) is 28.5 Å². The van der Waals surface area contributed by atoms with Gasteiger partial charge in [0.1, 0.15) is 6.10 Å². The van der Waals surface area contributed by atoms with Crippen LogP contribution >= 0.6 is 0 Å². The number of sulfone groups is 1. The van der Waals surface area contributed by atoms with E-state index in [9.17, 15) is 18.3 Å². The Morgan fingerprint density at radius 2 is 1.74 bits per heavy atom. The molecule has 2 aromatic rings. The smallest absolute Gasteiger partial charge is 0.241 e. The van der Waals surface area contributed by atoms with Crippen molar-refractivity contribution < 1.29 is 27.9 Å². The molecule has 0 unspecified atom stereocenters. The van der Waals surface area contributed by atoms with Crippen LogP contribution in [0.4, 0.5) is 0 Å². The van der Waals surface area contributed by atoms with Crippen molar-refractivity contribution in [1.82, 2.24) is 5.32 Å². The number of amides is 1. The van der Waals surface area contributed by atoms with Crippen molar-refractivity contribution >= 4 is 21.5 Å². The molecule has 1 heterocycles. The van der Waals surface area contributed by atoms with Crippen molar-refractivity contribution in [3.8, 4) is 11.1 Å². The summed E-state index contributed by atoms with van der Waals surface area (Å²) >= 11 is 0. The molecule has 0 bridgehead atoms. The van der Waals surface area contributed by atoms with Gasteiger partial charge in [0.05, 0.1) is 18.4 Å². The van der Waals surface area contributed by atoms with Crippen LogP contribution in [0.5, 0.6) is 0 Å². The number of hydrogen-bond donors (Lipinski definition) is 2. The summed E-state index contributed by atoms with van der Waals surface area (Å²) in [5, 5.41) is 16.5. The highest BCUT2D eigenvalue weighted by molar-refractivity contribution is 7.92. The maximum absolute atomic E-state index is 12.3. The van der Waals surface area contributed by atoms with E-state index in [2.05, 4.69) is 10.5 Å². The molecule has 0 spiro atoms. The maximum Gasteiger partial charge on any atom is 0.241 e. The molecule has 0 fully saturated rings. The van der Waals surface area contributed by atoms with Crippen LogP contribution in [0.15, 0.2) is 53.7 Å². The third kappa shape index (κ3) is 5.84. The zero-order valence-electron chi connectivity index (χ0n) is 19.9. The van der Waals surface area contributed by atoms with Gasteiger partial charge in [-0.3, -0.25) is 4.79 Å². The molecule has 2 aromatic carbocycles. The lowest BCUT2D eigenvalue weighted by Crippen LogP contribution is -2.50. The zero-order chi connectivity index (χ0) is 24.9. The Kier molecular flexibility index (Phi) is 8.12. The molecule has 0 saturated carbocycles. The van der Waals surface area contributed by atoms with E-state index in [1.165, 1.54) is 14.0 Å². The lowest BCUT2D eigenvalue weighted by Gasteiger charge is -2.27. The van der Waals surface area contributed by atoms with Crippen LogP contribution in [0.2, 0.25) is 0 Å². The zero-order valence-corrected chi connectivity index (χ0v) is 20.8. The normalized spacial score (nSPS) is 18.5. The first-order chi connectivity index (χ1) is 16.1. The van der Waals surface area contributed by atoms with Crippen molar-refractivity contribution in [2.45, 2.75) is 43.1 Å². The van der Waals surface area contributed by atoms with Gasteiger partial charge in [-0.25, -0.2) is 8.42 Å². The van der Waals surface area contributed by atoms with Gasteiger partial charge in [0.2, 0.25) is 5.91 Å². The molecule has 184 valence electrons. The Balaban J connectivity index is 1.65.